The summed E-state index contributed by atoms with van der Waals surface area (Å²) >= 11 is 0. The molecule has 1 atom stereocenters. The summed E-state index contributed by atoms with van der Waals surface area (Å²) in [6.07, 6.45) is 6.77. The van der Waals surface area contributed by atoms with Crippen molar-refractivity contribution in [3.8, 4) is 11.3 Å². The molecule has 0 saturated heterocycles. The van der Waals surface area contributed by atoms with Gasteiger partial charge in [-0.15, -0.1) is 0 Å². The zero-order valence-electron chi connectivity index (χ0n) is 12.7. The van der Waals surface area contributed by atoms with Gasteiger partial charge < -0.3 is 5.32 Å². The van der Waals surface area contributed by atoms with Crippen LogP contribution in [0.25, 0.3) is 11.3 Å². The molecular formula is C18H23N3. The fraction of sp³-hybridized carbons (Fsp3) is 0.500. The molecule has 2 aliphatic rings. The van der Waals surface area contributed by atoms with E-state index in [9.17, 15) is 0 Å². The SMILES string of the molecule is Cc1ccc(-c2cc3n(n2)C(C2CCCC2)CCN3)cc1. The van der Waals surface area contributed by atoms with Gasteiger partial charge in [-0.3, -0.25) is 0 Å². The summed E-state index contributed by atoms with van der Waals surface area (Å²) in [4.78, 5) is 0. The summed E-state index contributed by atoms with van der Waals surface area (Å²) in [6, 6.07) is 11.5. The Hall–Kier alpha value is -1.77. The molecule has 1 saturated carbocycles. The van der Waals surface area contributed by atoms with Crippen molar-refractivity contribution in [3.63, 3.8) is 0 Å². The topological polar surface area (TPSA) is 29.9 Å². The maximum absolute atomic E-state index is 4.93. The number of hydrogen-bond acceptors (Lipinski definition) is 2. The van der Waals surface area contributed by atoms with E-state index >= 15 is 0 Å². The van der Waals surface area contributed by atoms with Crippen molar-refractivity contribution in [1.82, 2.24) is 9.78 Å². The third-order valence-electron chi connectivity index (χ3n) is 5.09. The van der Waals surface area contributed by atoms with Gasteiger partial charge in [0.05, 0.1) is 11.7 Å². The van der Waals surface area contributed by atoms with E-state index in [1.807, 2.05) is 0 Å². The molecule has 3 nitrogen and oxygen atoms in total. The Balaban J connectivity index is 1.68. The third-order valence-corrected chi connectivity index (χ3v) is 5.09. The molecule has 1 fully saturated rings. The third kappa shape index (κ3) is 2.35. The fourth-order valence-electron chi connectivity index (χ4n) is 3.89. The minimum absolute atomic E-state index is 0.600. The van der Waals surface area contributed by atoms with Gasteiger partial charge in [-0.1, -0.05) is 42.7 Å². The van der Waals surface area contributed by atoms with E-state index in [1.54, 1.807) is 0 Å². The smallest absolute Gasteiger partial charge is 0.125 e. The Morgan fingerprint density at radius 3 is 2.62 bits per heavy atom. The zero-order chi connectivity index (χ0) is 14.2. The summed E-state index contributed by atoms with van der Waals surface area (Å²) in [6.45, 7) is 3.21. The maximum atomic E-state index is 4.93. The van der Waals surface area contributed by atoms with Gasteiger partial charge in [-0.25, -0.2) is 4.68 Å². The molecule has 0 amide bonds. The molecule has 0 bridgehead atoms. The monoisotopic (exact) mass is 281 g/mol. The molecule has 1 aliphatic carbocycles. The van der Waals surface area contributed by atoms with E-state index in [0.29, 0.717) is 6.04 Å². The molecule has 2 aromatic rings. The number of nitrogens with zero attached hydrogens (tertiary/aromatic N) is 2. The van der Waals surface area contributed by atoms with Gasteiger partial charge in [0.1, 0.15) is 5.82 Å². The molecule has 2 heterocycles. The van der Waals surface area contributed by atoms with Crippen LogP contribution in [0.4, 0.5) is 5.82 Å². The van der Waals surface area contributed by atoms with Gasteiger partial charge in [-0.2, -0.15) is 5.10 Å². The zero-order valence-corrected chi connectivity index (χ0v) is 12.7. The Kier molecular flexibility index (Phi) is 3.21. The van der Waals surface area contributed by atoms with Crippen molar-refractivity contribution in [2.24, 2.45) is 5.92 Å². The van der Waals surface area contributed by atoms with Crippen LogP contribution >= 0.6 is 0 Å². The molecule has 3 heteroatoms. The minimum Gasteiger partial charge on any atom is -0.370 e. The number of aryl methyl sites for hydroxylation is 1. The van der Waals surface area contributed by atoms with Crippen molar-refractivity contribution in [2.75, 3.05) is 11.9 Å². The van der Waals surface area contributed by atoms with Crippen molar-refractivity contribution in [3.05, 3.63) is 35.9 Å². The standard InChI is InChI=1S/C18H23N3/c1-13-6-8-14(9-7-13)16-12-18-19-11-10-17(21(18)20-16)15-4-2-3-5-15/h6-9,12,15,17,19H,2-5,10-11H2,1H3. The second-order valence-corrected chi connectivity index (χ2v) is 6.55. The molecule has 4 rings (SSSR count). The second-order valence-electron chi connectivity index (χ2n) is 6.55. The van der Waals surface area contributed by atoms with Crippen LogP contribution in [0.3, 0.4) is 0 Å². The Morgan fingerprint density at radius 1 is 1.10 bits per heavy atom. The van der Waals surface area contributed by atoms with Gasteiger partial charge in [0.15, 0.2) is 0 Å². The van der Waals surface area contributed by atoms with Crippen molar-refractivity contribution in [2.45, 2.75) is 45.1 Å². The first-order valence-corrected chi connectivity index (χ1v) is 8.22. The summed E-state index contributed by atoms with van der Waals surface area (Å²) in [5.41, 5.74) is 3.61. The summed E-state index contributed by atoms with van der Waals surface area (Å²) in [7, 11) is 0. The highest BCUT2D eigenvalue weighted by Crippen LogP contribution is 2.40. The molecular weight excluding hydrogens is 258 g/mol. The number of benzene rings is 1. The summed E-state index contributed by atoms with van der Waals surface area (Å²) in [5, 5.41) is 8.45. The normalized spacial score (nSPS) is 22.0. The highest BCUT2D eigenvalue weighted by Gasteiger charge is 2.31. The van der Waals surface area contributed by atoms with Gasteiger partial charge in [0, 0.05) is 18.2 Å². The quantitative estimate of drug-likeness (QED) is 0.884. The number of fused-ring (bicyclic) bond motifs is 1. The van der Waals surface area contributed by atoms with Crippen molar-refractivity contribution < 1.29 is 0 Å². The molecule has 1 aliphatic heterocycles. The number of hydrogen-bond donors (Lipinski definition) is 1. The van der Waals surface area contributed by atoms with Crippen LogP contribution < -0.4 is 5.32 Å². The van der Waals surface area contributed by atoms with Crippen LogP contribution in [-0.4, -0.2) is 16.3 Å². The predicted octanol–water partition coefficient (Wildman–Crippen LogP) is 4.41. The van der Waals surface area contributed by atoms with Gasteiger partial charge in [0.2, 0.25) is 0 Å². The van der Waals surface area contributed by atoms with Crippen molar-refractivity contribution in [1.29, 1.82) is 0 Å². The van der Waals surface area contributed by atoms with Crippen LogP contribution in [-0.2, 0) is 0 Å². The molecule has 1 aromatic heterocycles. The Morgan fingerprint density at radius 2 is 1.86 bits per heavy atom. The number of aromatic nitrogens is 2. The van der Waals surface area contributed by atoms with E-state index in [2.05, 4.69) is 47.3 Å². The summed E-state index contributed by atoms with van der Waals surface area (Å²) in [5.74, 6) is 2.03. The van der Waals surface area contributed by atoms with Crippen LogP contribution in [0.1, 0.15) is 43.7 Å². The second kappa shape index (κ2) is 5.21. The molecule has 1 unspecified atom stereocenters. The lowest BCUT2D eigenvalue weighted by atomic mass is 9.94. The Bertz CT molecular complexity index is 620. The lowest BCUT2D eigenvalue weighted by Crippen LogP contribution is -2.28. The molecule has 110 valence electrons. The first-order chi connectivity index (χ1) is 10.3. The fourth-order valence-corrected chi connectivity index (χ4v) is 3.89. The molecule has 0 radical (unpaired) electrons. The average Bonchev–Trinajstić information content (AvgIpc) is 3.17. The van der Waals surface area contributed by atoms with E-state index < -0.39 is 0 Å². The van der Waals surface area contributed by atoms with Crippen molar-refractivity contribution >= 4 is 5.82 Å². The lowest BCUT2D eigenvalue weighted by Gasteiger charge is -2.30. The van der Waals surface area contributed by atoms with Gasteiger partial charge in [-0.05, 0) is 32.1 Å². The minimum atomic E-state index is 0.600. The van der Waals surface area contributed by atoms with E-state index in [0.717, 1.165) is 18.2 Å². The van der Waals surface area contributed by atoms with Crippen LogP contribution in [0.5, 0.6) is 0 Å². The highest BCUT2D eigenvalue weighted by atomic mass is 15.4. The highest BCUT2D eigenvalue weighted by molar-refractivity contribution is 5.63. The van der Waals surface area contributed by atoms with Crippen LogP contribution in [0, 0.1) is 12.8 Å². The number of nitrogens with one attached hydrogen (secondary N) is 1. The first kappa shape index (κ1) is 12.9. The van der Waals surface area contributed by atoms with E-state index in [1.165, 1.54) is 49.0 Å². The summed E-state index contributed by atoms with van der Waals surface area (Å²) < 4.78 is 2.27. The number of rotatable bonds is 2. The van der Waals surface area contributed by atoms with E-state index in [4.69, 9.17) is 5.10 Å². The van der Waals surface area contributed by atoms with Gasteiger partial charge in [0.25, 0.3) is 0 Å². The van der Waals surface area contributed by atoms with Crippen LogP contribution in [0.2, 0.25) is 0 Å². The molecule has 1 aromatic carbocycles. The molecule has 21 heavy (non-hydrogen) atoms. The first-order valence-electron chi connectivity index (χ1n) is 8.22. The van der Waals surface area contributed by atoms with Crippen LogP contribution in [0.15, 0.2) is 30.3 Å². The largest absolute Gasteiger partial charge is 0.370 e. The molecule has 1 N–H and O–H groups in total. The van der Waals surface area contributed by atoms with Gasteiger partial charge >= 0.3 is 0 Å². The molecule has 0 spiro atoms. The predicted molar refractivity (Wildman–Crippen MR) is 86.5 cm³/mol. The number of anilines is 1. The Labute approximate surface area is 126 Å². The lowest BCUT2D eigenvalue weighted by molar-refractivity contribution is 0.290. The average molecular weight is 281 g/mol. The van der Waals surface area contributed by atoms with E-state index in [-0.39, 0.29) is 0 Å². The maximum Gasteiger partial charge on any atom is 0.125 e.